The average molecular weight is 906 g/mol. The van der Waals surface area contributed by atoms with E-state index in [9.17, 15) is 9.90 Å². The fraction of sp³-hybridized carbons (Fsp3) is 0.413. The molecule has 0 aliphatic heterocycles. The predicted octanol–water partition coefficient (Wildman–Crippen LogP) is 12.8. The Morgan fingerprint density at radius 2 is 1.53 bits per heavy atom. The number of furan rings is 1. The number of aromatic nitrogens is 2. The van der Waals surface area contributed by atoms with Gasteiger partial charge in [-0.25, -0.2) is 4.98 Å². The van der Waals surface area contributed by atoms with Crippen molar-refractivity contribution in [1.29, 1.82) is 0 Å². The zero-order valence-electron chi connectivity index (χ0n) is 33.7. The maximum atomic E-state index is 12.2. The molecule has 283 valence electrons. The van der Waals surface area contributed by atoms with Crippen molar-refractivity contribution in [3.8, 4) is 11.3 Å². The smallest absolute Gasteiger partial charge is 0.164 e. The van der Waals surface area contributed by atoms with Crippen LogP contribution in [0.2, 0.25) is 19.6 Å². The number of allylic oxidation sites excluding steroid dienone is 2. The van der Waals surface area contributed by atoms with Gasteiger partial charge in [0, 0.05) is 59.4 Å². The summed E-state index contributed by atoms with van der Waals surface area (Å²) < 4.78 is 6.45. The van der Waals surface area contributed by atoms with Crippen LogP contribution in [0, 0.1) is 23.8 Å². The fourth-order valence-electron chi connectivity index (χ4n) is 6.76. The van der Waals surface area contributed by atoms with Crippen LogP contribution in [0.3, 0.4) is 0 Å². The fourth-order valence-corrected chi connectivity index (χ4v) is 8.37. The Labute approximate surface area is 331 Å². The van der Waals surface area contributed by atoms with Gasteiger partial charge in [-0.3, -0.25) is 9.78 Å². The minimum atomic E-state index is -1.61. The van der Waals surface area contributed by atoms with Gasteiger partial charge in [-0.15, -0.1) is 18.2 Å². The first kappa shape index (κ1) is 42.1. The van der Waals surface area contributed by atoms with E-state index in [1.807, 2.05) is 47.6 Å². The average Bonchev–Trinajstić information content (AvgIpc) is 3.50. The molecular formula is C46H57IrN2O3Si-. The van der Waals surface area contributed by atoms with Crippen molar-refractivity contribution in [3.63, 3.8) is 0 Å². The van der Waals surface area contributed by atoms with Gasteiger partial charge < -0.3 is 9.52 Å². The first-order valence-corrected chi connectivity index (χ1v) is 22.5. The van der Waals surface area contributed by atoms with E-state index < -0.39 is 8.07 Å². The molecule has 4 aromatic carbocycles. The number of nitrogens with zero attached hydrogens (tertiary/aromatic N) is 2. The van der Waals surface area contributed by atoms with Crippen molar-refractivity contribution >= 4 is 62.7 Å². The van der Waals surface area contributed by atoms with E-state index in [2.05, 4.69) is 101 Å². The number of aliphatic hydroxyl groups is 1. The molecule has 0 amide bonds. The summed E-state index contributed by atoms with van der Waals surface area (Å²) in [4.78, 5) is 22.5. The van der Waals surface area contributed by atoms with Gasteiger partial charge in [-0.1, -0.05) is 134 Å². The Balaban J connectivity index is 0.000000299. The molecule has 1 radical (unpaired) electrons. The number of benzene rings is 4. The van der Waals surface area contributed by atoms with Gasteiger partial charge in [0.1, 0.15) is 17.2 Å². The summed E-state index contributed by atoms with van der Waals surface area (Å²) in [5.41, 5.74) is 5.14. The quantitative estimate of drug-likeness (QED) is 0.0487. The summed E-state index contributed by atoms with van der Waals surface area (Å²) in [5.74, 6) is 1.33. The maximum absolute atomic E-state index is 12.2. The van der Waals surface area contributed by atoms with Gasteiger partial charge in [-0.05, 0) is 55.0 Å². The summed E-state index contributed by atoms with van der Waals surface area (Å²) in [6.07, 6.45) is 4.75. The second-order valence-corrected chi connectivity index (χ2v) is 21.4. The Morgan fingerprint density at radius 1 is 0.887 bits per heavy atom. The minimum Gasteiger partial charge on any atom is -0.512 e. The number of rotatable bonds is 10. The second kappa shape index (κ2) is 16.4. The molecule has 6 aromatic rings. The van der Waals surface area contributed by atoms with Gasteiger partial charge in [0.05, 0.1) is 19.2 Å². The molecule has 2 aromatic heterocycles. The summed E-state index contributed by atoms with van der Waals surface area (Å²) in [6, 6.07) is 25.0. The minimum absolute atomic E-state index is 0. The molecule has 0 saturated carbocycles. The predicted molar refractivity (Wildman–Crippen MR) is 223 cm³/mol. The molecule has 0 bridgehead atoms. The number of fused-ring (bicyclic) bond motifs is 6. The number of ketones is 1. The third-order valence-electron chi connectivity index (χ3n) is 11.5. The van der Waals surface area contributed by atoms with E-state index in [1.165, 1.54) is 27.6 Å². The van der Waals surface area contributed by atoms with Crippen LogP contribution in [-0.2, 0) is 24.9 Å². The SMILES string of the molecule is CCC(C)(CC)C(=O)/C=C(\O)C(C)(CC)CC.Cc1ccc2c(c1)oc1c(-c3nc(C(C)C)nc4c3ccc3cccc([Si](C)(C)C)c34)[c-]ccc12.[Ir]. The van der Waals surface area contributed by atoms with E-state index in [4.69, 9.17) is 14.4 Å². The number of aliphatic hydroxyl groups excluding tert-OH is 1. The molecule has 0 spiro atoms. The standard InChI is InChI=1S/C31H29N2OSi.C15H28O2.Ir/c1-18(2)31-32-28(24-11-8-10-22-21-15-13-19(3)17-25(21)34-30(22)24)23-16-14-20-9-7-12-26(35(4,5)6)27(20)29(23)33-31;1-7-14(5,8-2)12(16)11-13(17)15(6,9-3)10-4;/h7-10,12-18H,1-6H3;11,16H,7-10H2,1-6H3;/q-1;;/b;12-11-;. The summed E-state index contributed by atoms with van der Waals surface area (Å²) in [7, 11) is -1.61. The van der Waals surface area contributed by atoms with Gasteiger partial charge in [-0.2, -0.15) is 0 Å². The van der Waals surface area contributed by atoms with E-state index >= 15 is 0 Å². The number of hydrogen-bond donors (Lipinski definition) is 1. The van der Waals surface area contributed by atoms with E-state index in [0.717, 1.165) is 75.6 Å². The first-order valence-electron chi connectivity index (χ1n) is 19.0. The second-order valence-electron chi connectivity index (χ2n) is 16.3. The molecule has 53 heavy (non-hydrogen) atoms. The summed E-state index contributed by atoms with van der Waals surface area (Å²) in [5, 5.41) is 17.3. The third kappa shape index (κ3) is 8.23. The third-order valence-corrected chi connectivity index (χ3v) is 13.5. The molecule has 6 rings (SSSR count). The Bertz CT molecular complexity index is 2290. The summed E-state index contributed by atoms with van der Waals surface area (Å²) >= 11 is 0. The van der Waals surface area contributed by atoms with E-state index in [0.29, 0.717) is 0 Å². The molecule has 5 nitrogen and oxygen atoms in total. The zero-order valence-corrected chi connectivity index (χ0v) is 37.1. The normalized spacial score (nSPS) is 12.7. The first-order chi connectivity index (χ1) is 24.5. The van der Waals surface area contributed by atoms with Crippen molar-refractivity contribution in [2.75, 3.05) is 0 Å². The Morgan fingerprint density at radius 3 is 2.13 bits per heavy atom. The van der Waals surface area contributed by atoms with Gasteiger partial charge in [0.2, 0.25) is 0 Å². The van der Waals surface area contributed by atoms with Gasteiger partial charge in [0.25, 0.3) is 0 Å². The van der Waals surface area contributed by atoms with Crippen molar-refractivity contribution in [2.45, 2.75) is 114 Å². The van der Waals surface area contributed by atoms with Crippen LogP contribution in [0.15, 0.2) is 76.9 Å². The van der Waals surface area contributed by atoms with Crippen LogP contribution in [-0.4, -0.2) is 28.9 Å². The number of aryl methyl sites for hydroxylation is 1. The van der Waals surface area contributed by atoms with Crippen LogP contribution in [0.5, 0.6) is 0 Å². The Hall–Kier alpha value is -3.64. The Kier molecular flexibility index (Phi) is 13.0. The molecule has 0 aliphatic rings. The van der Waals surface area contributed by atoms with Crippen LogP contribution in [0.4, 0.5) is 0 Å². The van der Waals surface area contributed by atoms with Crippen molar-refractivity contribution < 1.29 is 34.4 Å². The van der Waals surface area contributed by atoms with Crippen molar-refractivity contribution in [2.24, 2.45) is 10.8 Å². The largest absolute Gasteiger partial charge is 0.512 e. The summed E-state index contributed by atoms with van der Waals surface area (Å²) in [6.45, 7) is 25.7. The van der Waals surface area contributed by atoms with Crippen molar-refractivity contribution in [3.05, 3.63) is 90.0 Å². The molecule has 0 unspecified atom stereocenters. The molecule has 2 heterocycles. The van der Waals surface area contributed by atoms with Crippen LogP contribution in [0.25, 0.3) is 54.9 Å². The van der Waals surface area contributed by atoms with Gasteiger partial charge >= 0.3 is 0 Å². The van der Waals surface area contributed by atoms with Crippen molar-refractivity contribution in [1.82, 2.24) is 9.97 Å². The zero-order chi connectivity index (χ0) is 38.2. The number of hydrogen-bond acceptors (Lipinski definition) is 5. The number of carbonyl (C=O) groups excluding carboxylic acids is 1. The molecule has 0 aliphatic carbocycles. The topological polar surface area (TPSA) is 76.2 Å². The molecule has 0 fully saturated rings. The van der Waals surface area contributed by atoms with Gasteiger partial charge in [0.15, 0.2) is 5.78 Å². The monoisotopic (exact) mass is 906 g/mol. The molecular weight excluding hydrogens is 849 g/mol. The molecule has 0 atom stereocenters. The maximum Gasteiger partial charge on any atom is 0.164 e. The van der Waals surface area contributed by atoms with Crippen LogP contribution < -0.4 is 5.19 Å². The van der Waals surface area contributed by atoms with Crippen LogP contribution in [0.1, 0.15) is 98.4 Å². The molecule has 0 saturated heterocycles. The van der Waals surface area contributed by atoms with Crippen LogP contribution >= 0.6 is 0 Å². The molecule has 7 heteroatoms. The number of carbonyl (C=O) groups is 1. The molecule has 1 N–H and O–H groups in total. The van der Waals surface area contributed by atoms with E-state index in [-0.39, 0.29) is 48.4 Å². The van der Waals surface area contributed by atoms with E-state index in [1.54, 1.807) is 0 Å².